The molecule has 118 valence electrons. The van der Waals surface area contributed by atoms with Crippen LogP contribution in [0.1, 0.15) is 26.7 Å². The van der Waals surface area contributed by atoms with Crippen molar-refractivity contribution in [3.63, 3.8) is 0 Å². The summed E-state index contributed by atoms with van der Waals surface area (Å²) in [6, 6.07) is 6.10. The molecule has 0 saturated carbocycles. The summed E-state index contributed by atoms with van der Waals surface area (Å²) in [4.78, 5) is 25.2. The van der Waals surface area contributed by atoms with Gasteiger partial charge >= 0.3 is 0 Å². The Labute approximate surface area is 137 Å². The molecular formula is C16H17N5OS. The first-order valence-electron chi connectivity index (χ1n) is 7.52. The number of aromatic amines is 1. The Morgan fingerprint density at radius 3 is 2.96 bits per heavy atom. The highest BCUT2D eigenvalue weighted by molar-refractivity contribution is 7.13. The number of hydrogen-bond donors (Lipinski definition) is 2. The molecule has 23 heavy (non-hydrogen) atoms. The van der Waals surface area contributed by atoms with Crippen molar-refractivity contribution < 1.29 is 4.79 Å². The van der Waals surface area contributed by atoms with E-state index in [-0.39, 0.29) is 11.4 Å². The molecule has 0 unspecified atom stereocenters. The number of aromatic nitrogens is 3. The number of carbonyl (C=O) groups excluding carboxylic acids is 1. The Morgan fingerprint density at radius 2 is 2.26 bits per heavy atom. The predicted molar refractivity (Wildman–Crippen MR) is 91.0 cm³/mol. The number of anilines is 1. The molecular weight excluding hydrogens is 310 g/mol. The Morgan fingerprint density at radius 1 is 1.39 bits per heavy atom. The highest BCUT2D eigenvalue weighted by Crippen LogP contribution is 2.33. The lowest BCUT2D eigenvalue weighted by atomic mass is 10.0. The van der Waals surface area contributed by atoms with E-state index in [4.69, 9.17) is 0 Å². The molecule has 1 amide bonds. The van der Waals surface area contributed by atoms with Crippen LogP contribution in [0.25, 0.3) is 21.6 Å². The number of fused-ring (bicyclic) bond motifs is 1. The van der Waals surface area contributed by atoms with E-state index in [1.54, 1.807) is 16.3 Å². The largest absolute Gasteiger partial charge is 0.338 e. The molecule has 0 spiro atoms. The normalized spacial score (nSPS) is 17.1. The van der Waals surface area contributed by atoms with Gasteiger partial charge in [0.15, 0.2) is 5.82 Å². The van der Waals surface area contributed by atoms with Crippen LogP contribution in [0, 0.1) is 0 Å². The maximum Gasteiger partial charge on any atom is 0.241 e. The summed E-state index contributed by atoms with van der Waals surface area (Å²) in [5.41, 5.74) is 4.74. The highest BCUT2D eigenvalue weighted by Gasteiger charge is 2.38. The monoisotopic (exact) mass is 327 g/mol. The fraction of sp³-hybridized carbons (Fsp3) is 0.312. The molecule has 2 N–H and O–H groups in total. The van der Waals surface area contributed by atoms with Gasteiger partial charge in [-0.15, -0.1) is 11.3 Å². The standard InChI is InChI=1S/C16H17N5OS/c1-16(2)6-5-13(22)21(16)20-15-10-8-11(12-4-3-7-23-12)19-14(10)17-9-18-15/h3-4,7-9H,5-6H2,1-2H3,(H2,17,18,19,20). The number of rotatable bonds is 3. The number of nitrogens with one attached hydrogen (secondary N) is 2. The number of thiophene rings is 1. The fourth-order valence-electron chi connectivity index (χ4n) is 2.89. The van der Waals surface area contributed by atoms with E-state index in [1.807, 2.05) is 17.5 Å². The number of nitrogens with zero attached hydrogens (tertiary/aromatic N) is 3. The summed E-state index contributed by atoms with van der Waals surface area (Å²) in [5.74, 6) is 0.744. The molecule has 0 bridgehead atoms. The summed E-state index contributed by atoms with van der Waals surface area (Å²) < 4.78 is 0. The fourth-order valence-corrected chi connectivity index (χ4v) is 3.58. The first-order chi connectivity index (χ1) is 11.0. The lowest BCUT2D eigenvalue weighted by Crippen LogP contribution is -2.45. The van der Waals surface area contributed by atoms with E-state index in [1.165, 1.54) is 6.33 Å². The number of carbonyl (C=O) groups is 1. The van der Waals surface area contributed by atoms with Gasteiger partial charge in [0, 0.05) is 6.42 Å². The van der Waals surface area contributed by atoms with Gasteiger partial charge < -0.3 is 4.98 Å². The number of hydrazine groups is 1. The second-order valence-corrected chi connectivity index (χ2v) is 7.25. The molecule has 1 saturated heterocycles. The van der Waals surface area contributed by atoms with E-state index < -0.39 is 0 Å². The van der Waals surface area contributed by atoms with Crippen molar-refractivity contribution >= 4 is 34.1 Å². The van der Waals surface area contributed by atoms with Gasteiger partial charge in [0.25, 0.3) is 0 Å². The predicted octanol–water partition coefficient (Wildman–Crippen LogP) is 3.41. The Bertz CT molecular complexity index is 868. The van der Waals surface area contributed by atoms with Crippen LogP contribution in [0.15, 0.2) is 29.9 Å². The van der Waals surface area contributed by atoms with E-state index >= 15 is 0 Å². The van der Waals surface area contributed by atoms with Crippen molar-refractivity contribution in [2.24, 2.45) is 0 Å². The summed E-state index contributed by atoms with van der Waals surface area (Å²) in [6.07, 6.45) is 2.90. The third-order valence-electron chi connectivity index (χ3n) is 4.24. The Kier molecular flexibility index (Phi) is 3.12. The van der Waals surface area contributed by atoms with Gasteiger partial charge in [0.2, 0.25) is 5.91 Å². The van der Waals surface area contributed by atoms with Crippen LogP contribution in [-0.4, -0.2) is 31.4 Å². The smallest absolute Gasteiger partial charge is 0.241 e. The molecule has 0 radical (unpaired) electrons. The topological polar surface area (TPSA) is 73.9 Å². The average molecular weight is 327 g/mol. The molecule has 6 nitrogen and oxygen atoms in total. The molecule has 4 heterocycles. The minimum absolute atomic E-state index is 0.0933. The van der Waals surface area contributed by atoms with Gasteiger partial charge in [0.05, 0.1) is 21.5 Å². The molecule has 3 aromatic rings. The van der Waals surface area contributed by atoms with Gasteiger partial charge in [-0.2, -0.15) is 0 Å². The van der Waals surface area contributed by atoms with E-state index in [0.29, 0.717) is 12.2 Å². The van der Waals surface area contributed by atoms with E-state index in [2.05, 4.69) is 40.3 Å². The van der Waals surface area contributed by atoms with Crippen molar-refractivity contribution in [3.8, 4) is 10.6 Å². The number of amides is 1. The van der Waals surface area contributed by atoms with Crippen molar-refractivity contribution in [1.29, 1.82) is 0 Å². The van der Waals surface area contributed by atoms with Crippen molar-refractivity contribution in [2.75, 3.05) is 5.43 Å². The lowest BCUT2D eigenvalue weighted by Gasteiger charge is -2.32. The van der Waals surface area contributed by atoms with Crippen LogP contribution >= 0.6 is 11.3 Å². The Balaban J connectivity index is 1.74. The van der Waals surface area contributed by atoms with E-state index in [9.17, 15) is 4.79 Å². The molecule has 7 heteroatoms. The van der Waals surface area contributed by atoms with Gasteiger partial charge in [-0.1, -0.05) is 6.07 Å². The minimum atomic E-state index is -0.221. The SMILES string of the molecule is CC1(C)CCC(=O)N1Nc1ncnc2[nH]c(-c3cccs3)cc12. The van der Waals surface area contributed by atoms with Crippen LogP contribution in [0.2, 0.25) is 0 Å². The molecule has 1 fully saturated rings. The third-order valence-corrected chi connectivity index (χ3v) is 5.14. The highest BCUT2D eigenvalue weighted by atomic mass is 32.1. The summed E-state index contributed by atoms with van der Waals surface area (Å²) >= 11 is 1.67. The summed E-state index contributed by atoms with van der Waals surface area (Å²) in [5, 5.41) is 4.61. The third kappa shape index (κ3) is 2.37. The van der Waals surface area contributed by atoms with Crippen LogP contribution in [0.4, 0.5) is 5.82 Å². The second kappa shape index (κ2) is 5.06. The molecule has 1 aliphatic rings. The number of H-pyrrole nitrogens is 1. The van der Waals surface area contributed by atoms with E-state index in [0.717, 1.165) is 28.0 Å². The van der Waals surface area contributed by atoms with Crippen molar-refractivity contribution in [2.45, 2.75) is 32.2 Å². The molecule has 4 rings (SSSR count). The van der Waals surface area contributed by atoms with Crippen LogP contribution in [0.3, 0.4) is 0 Å². The zero-order valence-corrected chi connectivity index (χ0v) is 13.8. The van der Waals surface area contributed by atoms with Crippen molar-refractivity contribution in [3.05, 3.63) is 29.9 Å². The second-order valence-electron chi connectivity index (χ2n) is 6.30. The maximum atomic E-state index is 12.1. The van der Waals surface area contributed by atoms with Crippen molar-refractivity contribution in [1.82, 2.24) is 20.0 Å². The minimum Gasteiger partial charge on any atom is -0.338 e. The maximum absolute atomic E-state index is 12.1. The Hall–Kier alpha value is -2.41. The lowest BCUT2D eigenvalue weighted by molar-refractivity contribution is -0.129. The van der Waals surface area contributed by atoms with Crippen LogP contribution in [0.5, 0.6) is 0 Å². The zero-order valence-electron chi connectivity index (χ0n) is 13.0. The summed E-state index contributed by atoms with van der Waals surface area (Å²) in [6.45, 7) is 4.11. The molecule has 0 aromatic carbocycles. The van der Waals surface area contributed by atoms with Gasteiger partial charge in [0.1, 0.15) is 12.0 Å². The summed E-state index contributed by atoms with van der Waals surface area (Å²) in [7, 11) is 0. The van der Waals surface area contributed by atoms with Gasteiger partial charge in [-0.05, 0) is 37.8 Å². The molecule has 0 atom stereocenters. The average Bonchev–Trinajstić information content (AvgIpc) is 3.22. The molecule has 3 aromatic heterocycles. The first kappa shape index (κ1) is 14.2. The number of hydrogen-bond acceptors (Lipinski definition) is 5. The molecule has 0 aliphatic carbocycles. The van der Waals surface area contributed by atoms with Crippen LogP contribution < -0.4 is 5.43 Å². The first-order valence-corrected chi connectivity index (χ1v) is 8.40. The van der Waals surface area contributed by atoms with Crippen LogP contribution in [-0.2, 0) is 4.79 Å². The molecule has 1 aliphatic heterocycles. The van der Waals surface area contributed by atoms with Gasteiger partial charge in [-0.25, -0.2) is 15.0 Å². The zero-order chi connectivity index (χ0) is 16.0. The quantitative estimate of drug-likeness (QED) is 0.773. The van der Waals surface area contributed by atoms with Gasteiger partial charge in [-0.3, -0.25) is 10.2 Å².